The highest BCUT2D eigenvalue weighted by Crippen LogP contribution is 2.31. The van der Waals surface area contributed by atoms with Crippen LogP contribution in [-0.4, -0.2) is 15.3 Å². The van der Waals surface area contributed by atoms with Crippen LogP contribution in [0.15, 0.2) is 40.3 Å². The van der Waals surface area contributed by atoms with Crippen molar-refractivity contribution in [2.45, 2.75) is 51.6 Å². The Morgan fingerprint density at radius 1 is 1.16 bits per heavy atom. The maximum absolute atomic E-state index is 13.3. The molecule has 5 heteroatoms. The van der Waals surface area contributed by atoms with Crippen molar-refractivity contribution in [2.75, 3.05) is 5.75 Å². The molecule has 0 unspecified atom stereocenters. The van der Waals surface area contributed by atoms with Crippen LogP contribution in [0.5, 0.6) is 0 Å². The summed E-state index contributed by atoms with van der Waals surface area (Å²) in [4.78, 5) is 20.4. The van der Waals surface area contributed by atoms with Gasteiger partial charge in [-0.15, -0.1) is 11.3 Å². The van der Waals surface area contributed by atoms with Crippen molar-refractivity contribution >= 4 is 33.3 Å². The molecule has 2 heterocycles. The van der Waals surface area contributed by atoms with Gasteiger partial charge in [0.05, 0.1) is 11.1 Å². The number of hydrogen-bond donors (Lipinski definition) is 0. The number of hydrogen-bond acceptors (Lipinski definition) is 4. The van der Waals surface area contributed by atoms with E-state index in [9.17, 15) is 4.79 Å². The number of aromatic nitrogens is 2. The van der Waals surface area contributed by atoms with Crippen LogP contribution in [0.4, 0.5) is 0 Å². The first-order valence-electron chi connectivity index (χ1n) is 8.90. The number of fused-ring (bicyclic) bond motifs is 1. The molecule has 2 aromatic heterocycles. The highest BCUT2D eigenvalue weighted by Gasteiger charge is 2.18. The molecular formula is C20H24N2OS2. The molecule has 0 aliphatic rings. The summed E-state index contributed by atoms with van der Waals surface area (Å²) in [5.41, 5.74) is 2.06. The van der Waals surface area contributed by atoms with Gasteiger partial charge in [0.25, 0.3) is 5.56 Å². The first kappa shape index (κ1) is 18.2. The van der Waals surface area contributed by atoms with Gasteiger partial charge in [0, 0.05) is 10.6 Å². The Balaban J connectivity index is 2.22. The molecule has 0 saturated carbocycles. The quantitative estimate of drug-likeness (QED) is 0.307. The molecule has 0 N–H and O–H groups in total. The largest absolute Gasteiger partial charge is 0.268 e. The monoisotopic (exact) mass is 372 g/mol. The molecule has 3 aromatic rings. The highest BCUT2D eigenvalue weighted by molar-refractivity contribution is 7.99. The average Bonchev–Trinajstić information content (AvgIpc) is 2.92. The summed E-state index contributed by atoms with van der Waals surface area (Å²) in [5.74, 6) is 0.980. The number of rotatable bonds is 7. The van der Waals surface area contributed by atoms with Gasteiger partial charge in [-0.05, 0) is 37.5 Å². The molecule has 1 aromatic carbocycles. The number of unbranched alkanes of at least 4 members (excludes halogenated alkanes) is 1. The standard InChI is InChI=1S/C20H24N2OS2/c1-4-6-13-24-20-21-18-17(14(3)16(25-18)10-5-2)19(23)22(20)15-11-8-7-9-12-15/h7-9,11-12H,4-6,10,13H2,1-3H3. The van der Waals surface area contributed by atoms with Gasteiger partial charge in [0.2, 0.25) is 0 Å². The summed E-state index contributed by atoms with van der Waals surface area (Å²) >= 11 is 3.36. The maximum Gasteiger partial charge on any atom is 0.267 e. The van der Waals surface area contributed by atoms with Gasteiger partial charge in [-0.2, -0.15) is 0 Å². The highest BCUT2D eigenvalue weighted by atomic mass is 32.2. The lowest BCUT2D eigenvalue weighted by Gasteiger charge is -2.12. The molecule has 0 radical (unpaired) electrons. The number of aryl methyl sites for hydroxylation is 2. The third kappa shape index (κ3) is 3.67. The average molecular weight is 373 g/mol. The minimum absolute atomic E-state index is 0.0614. The Labute approximate surface area is 157 Å². The van der Waals surface area contributed by atoms with Gasteiger partial charge in [-0.1, -0.05) is 56.7 Å². The van der Waals surface area contributed by atoms with Gasteiger partial charge in [-0.25, -0.2) is 4.98 Å². The second kappa shape index (κ2) is 8.19. The zero-order chi connectivity index (χ0) is 17.8. The summed E-state index contributed by atoms with van der Waals surface area (Å²) in [6, 6.07) is 9.87. The van der Waals surface area contributed by atoms with Crippen LogP contribution in [-0.2, 0) is 6.42 Å². The first-order valence-corrected chi connectivity index (χ1v) is 10.7. The van der Waals surface area contributed by atoms with Crippen molar-refractivity contribution in [3.05, 3.63) is 51.1 Å². The summed E-state index contributed by atoms with van der Waals surface area (Å²) in [7, 11) is 0. The second-order valence-electron chi connectivity index (χ2n) is 6.15. The maximum atomic E-state index is 13.3. The summed E-state index contributed by atoms with van der Waals surface area (Å²) < 4.78 is 1.79. The van der Waals surface area contributed by atoms with Gasteiger partial charge >= 0.3 is 0 Å². The van der Waals surface area contributed by atoms with Crippen LogP contribution >= 0.6 is 23.1 Å². The molecule has 0 aliphatic carbocycles. The Morgan fingerprint density at radius 2 is 1.92 bits per heavy atom. The number of thioether (sulfide) groups is 1. The second-order valence-corrected chi connectivity index (χ2v) is 8.30. The van der Waals surface area contributed by atoms with Crippen LogP contribution in [0.2, 0.25) is 0 Å². The normalized spacial score (nSPS) is 11.3. The van der Waals surface area contributed by atoms with E-state index >= 15 is 0 Å². The lowest BCUT2D eigenvalue weighted by Crippen LogP contribution is -2.21. The minimum atomic E-state index is 0.0614. The van der Waals surface area contributed by atoms with E-state index in [1.54, 1.807) is 27.7 Å². The smallest absolute Gasteiger partial charge is 0.267 e. The zero-order valence-electron chi connectivity index (χ0n) is 15.0. The van der Waals surface area contributed by atoms with Crippen LogP contribution < -0.4 is 5.56 Å². The molecule has 3 rings (SSSR count). The Morgan fingerprint density at radius 3 is 2.60 bits per heavy atom. The Hall–Kier alpha value is -1.59. The Bertz CT molecular complexity index is 913. The van der Waals surface area contributed by atoms with E-state index in [0.717, 1.165) is 58.1 Å². The SMILES string of the molecule is CCCCSc1nc2sc(CCC)c(C)c2c(=O)n1-c1ccccc1. The molecule has 0 saturated heterocycles. The number of thiophene rings is 1. The fraction of sp³-hybridized carbons (Fsp3) is 0.400. The molecule has 0 aliphatic heterocycles. The van der Waals surface area contributed by atoms with E-state index in [-0.39, 0.29) is 5.56 Å². The molecule has 0 fully saturated rings. The molecule has 132 valence electrons. The van der Waals surface area contributed by atoms with E-state index in [2.05, 4.69) is 20.8 Å². The van der Waals surface area contributed by atoms with Crippen molar-refractivity contribution in [1.82, 2.24) is 9.55 Å². The van der Waals surface area contributed by atoms with Crippen molar-refractivity contribution < 1.29 is 0 Å². The summed E-state index contributed by atoms with van der Waals surface area (Å²) in [5, 5.41) is 1.60. The number of nitrogens with zero attached hydrogens (tertiary/aromatic N) is 2. The molecule has 0 spiro atoms. The number of para-hydroxylation sites is 1. The fourth-order valence-electron chi connectivity index (χ4n) is 2.89. The fourth-order valence-corrected chi connectivity index (χ4v) is 5.30. The number of benzene rings is 1. The van der Waals surface area contributed by atoms with Gasteiger partial charge in [0.15, 0.2) is 5.16 Å². The van der Waals surface area contributed by atoms with Crippen molar-refractivity contribution in [2.24, 2.45) is 0 Å². The van der Waals surface area contributed by atoms with Crippen LogP contribution in [0.3, 0.4) is 0 Å². The van der Waals surface area contributed by atoms with Crippen molar-refractivity contribution in [3.8, 4) is 5.69 Å². The molecule has 3 nitrogen and oxygen atoms in total. The zero-order valence-corrected chi connectivity index (χ0v) is 16.7. The lowest BCUT2D eigenvalue weighted by molar-refractivity contribution is 0.816. The molecule has 0 atom stereocenters. The predicted molar refractivity (Wildman–Crippen MR) is 110 cm³/mol. The molecule has 0 bridgehead atoms. The van der Waals surface area contributed by atoms with E-state index in [4.69, 9.17) is 4.98 Å². The predicted octanol–water partition coefficient (Wildman–Crippen LogP) is 5.60. The molecule has 0 amide bonds. The van der Waals surface area contributed by atoms with Crippen LogP contribution in [0.1, 0.15) is 43.6 Å². The summed E-state index contributed by atoms with van der Waals surface area (Å²) in [6.45, 7) is 6.42. The van der Waals surface area contributed by atoms with Crippen molar-refractivity contribution in [3.63, 3.8) is 0 Å². The molecule has 25 heavy (non-hydrogen) atoms. The van der Waals surface area contributed by atoms with Gasteiger partial charge in [-0.3, -0.25) is 9.36 Å². The van der Waals surface area contributed by atoms with E-state index in [1.165, 1.54) is 4.88 Å². The van der Waals surface area contributed by atoms with Gasteiger partial charge < -0.3 is 0 Å². The minimum Gasteiger partial charge on any atom is -0.268 e. The Kier molecular flexibility index (Phi) is 5.97. The van der Waals surface area contributed by atoms with E-state index in [1.807, 2.05) is 30.3 Å². The first-order chi connectivity index (χ1) is 12.2. The third-order valence-electron chi connectivity index (χ3n) is 4.25. The lowest BCUT2D eigenvalue weighted by atomic mass is 10.1. The van der Waals surface area contributed by atoms with E-state index < -0.39 is 0 Å². The van der Waals surface area contributed by atoms with Crippen LogP contribution in [0.25, 0.3) is 15.9 Å². The van der Waals surface area contributed by atoms with Crippen LogP contribution in [0, 0.1) is 6.92 Å². The van der Waals surface area contributed by atoms with E-state index in [0.29, 0.717) is 0 Å². The van der Waals surface area contributed by atoms with Crippen molar-refractivity contribution in [1.29, 1.82) is 0 Å². The van der Waals surface area contributed by atoms with Gasteiger partial charge in [0.1, 0.15) is 4.83 Å². The third-order valence-corrected chi connectivity index (χ3v) is 6.52. The molecular weight excluding hydrogens is 348 g/mol. The topological polar surface area (TPSA) is 34.9 Å². The summed E-state index contributed by atoms with van der Waals surface area (Å²) in [6.07, 6.45) is 4.36.